The summed E-state index contributed by atoms with van der Waals surface area (Å²) in [4.78, 5) is 0. The molecule has 206 valence electrons. The van der Waals surface area contributed by atoms with Gasteiger partial charge in [0.05, 0.1) is 0 Å². The first-order chi connectivity index (χ1) is 16.4. The molecule has 0 radical (unpaired) electrons. The molecule has 1 atom stereocenters. The Kier molecular flexibility index (Phi) is 9.92. The second kappa shape index (κ2) is 11.3. The van der Waals surface area contributed by atoms with Crippen LogP contribution in [0.4, 0.5) is 0 Å². The molecule has 2 aliphatic carbocycles. The first kappa shape index (κ1) is 33.5. The molecule has 3 heteroatoms. The van der Waals surface area contributed by atoms with Crippen LogP contribution in [0.15, 0.2) is 56.9 Å². The Labute approximate surface area is 253 Å². The van der Waals surface area contributed by atoms with Crippen LogP contribution < -0.4 is 24.8 Å². The molecule has 0 saturated heterocycles. The Balaban J connectivity index is 0.00000253. The maximum Gasteiger partial charge on any atom is -1.00 e. The second-order valence-corrected chi connectivity index (χ2v) is 21.8. The van der Waals surface area contributed by atoms with Crippen LogP contribution in [-0.4, -0.2) is 3.21 Å². The molecule has 0 N–H and O–H groups in total. The summed E-state index contributed by atoms with van der Waals surface area (Å²) < 4.78 is 4.09. The zero-order valence-electron chi connectivity index (χ0n) is 26.0. The smallest absolute Gasteiger partial charge is 1.00 e. The van der Waals surface area contributed by atoms with Crippen LogP contribution in [0, 0.1) is 11.3 Å². The van der Waals surface area contributed by atoms with E-state index in [4.69, 9.17) is 0 Å². The summed E-state index contributed by atoms with van der Waals surface area (Å²) in [6, 6.07) is 14.8. The topological polar surface area (TPSA) is 0 Å². The summed E-state index contributed by atoms with van der Waals surface area (Å²) in [7, 11) is 0. The van der Waals surface area contributed by atoms with Crippen LogP contribution in [0.2, 0.25) is 0 Å². The van der Waals surface area contributed by atoms with E-state index in [-0.39, 0.29) is 41.1 Å². The fourth-order valence-corrected chi connectivity index (χ4v) is 15.4. The summed E-state index contributed by atoms with van der Waals surface area (Å²) in [6.07, 6.45) is 2.60. The molecule has 2 aromatic carbocycles. The van der Waals surface area contributed by atoms with Gasteiger partial charge in [-0.3, -0.25) is 0 Å². The Morgan fingerprint density at radius 3 is 1.42 bits per heavy atom. The van der Waals surface area contributed by atoms with Gasteiger partial charge < -0.3 is 24.8 Å². The maximum atomic E-state index is 2.60. The molecule has 2 aliphatic rings. The van der Waals surface area contributed by atoms with Crippen molar-refractivity contribution in [2.24, 2.45) is 11.3 Å². The van der Waals surface area contributed by atoms with E-state index in [1.165, 1.54) is 22.3 Å². The first-order valence-corrected chi connectivity index (χ1v) is 17.7. The second-order valence-electron chi connectivity index (χ2n) is 14.6. The summed E-state index contributed by atoms with van der Waals surface area (Å²) >= 11 is -2.31. The third-order valence-corrected chi connectivity index (χ3v) is 17.4. The number of benzene rings is 2. The van der Waals surface area contributed by atoms with Crippen LogP contribution in [0.25, 0.3) is 11.1 Å². The van der Waals surface area contributed by atoms with Gasteiger partial charge in [-0.25, -0.2) is 0 Å². The largest absolute Gasteiger partial charge is 1.00 e. The Morgan fingerprint density at radius 1 is 0.684 bits per heavy atom. The fraction of sp³-hybridized carbons (Fsp3) is 0.514. The van der Waals surface area contributed by atoms with Crippen molar-refractivity contribution in [3.05, 3.63) is 79.2 Å². The summed E-state index contributed by atoms with van der Waals surface area (Å²) in [5, 5.41) is 0. The van der Waals surface area contributed by atoms with Gasteiger partial charge in [0.25, 0.3) is 0 Å². The van der Waals surface area contributed by atoms with Crippen LogP contribution in [0.3, 0.4) is 0 Å². The first-order valence-electron chi connectivity index (χ1n) is 13.8. The maximum absolute atomic E-state index is 2.60. The van der Waals surface area contributed by atoms with Gasteiger partial charge in [-0.2, -0.15) is 0 Å². The van der Waals surface area contributed by atoms with Crippen molar-refractivity contribution in [3.63, 3.8) is 0 Å². The zero-order chi connectivity index (χ0) is 27.0. The number of hydrogen-bond donors (Lipinski definition) is 0. The van der Waals surface area contributed by atoms with Crippen molar-refractivity contribution < 1.29 is 46.1 Å². The number of halogens is 2. The van der Waals surface area contributed by atoms with Crippen LogP contribution in [-0.2, 0) is 32.1 Å². The molecule has 0 amide bonds. The van der Waals surface area contributed by atoms with Crippen molar-refractivity contribution in [1.29, 1.82) is 0 Å². The number of hydrogen-bond acceptors (Lipinski definition) is 0. The van der Waals surface area contributed by atoms with E-state index in [1.807, 2.05) is 3.28 Å². The normalized spacial score (nSPS) is 17.2. The molecular weight excluding hydrogens is 583 g/mol. The predicted octanol–water partition coefficient (Wildman–Crippen LogP) is 4.09. The van der Waals surface area contributed by atoms with E-state index >= 15 is 0 Å². The van der Waals surface area contributed by atoms with E-state index in [2.05, 4.69) is 132 Å². The van der Waals surface area contributed by atoms with E-state index in [0.29, 0.717) is 9.54 Å². The Hall–Kier alpha value is -0.747. The van der Waals surface area contributed by atoms with Gasteiger partial charge in [0.15, 0.2) is 0 Å². The number of rotatable bonds is 2. The van der Waals surface area contributed by atoms with E-state index in [0.717, 1.165) is 0 Å². The minimum absolute atomic E-state index is 0. The molecule has 0 aromatic heterocycles. The minimum atomic E-state index is -2.31. The van der Waals surface area contributed by atoms with Crippen LogP contribution in [0.5, 0.6) is 0 Å². The Bertz CT molecular complexity index is 1250. The standard InChI is InChI=1S/C21H25.C11H17.C3H6.2ClH.Zr/c1-20(2,3)16-7-9-18-14(12-16)11-15-13-17(21(4,5)6)8-10-19(15)18;1-8-6-9(2)10(7-8)11(3,4)5;1-3-2;;;/h7-13H,1-6H3;7-8H,1-5H3;1-2H3;2*1H;/q;;;;;+2/p-2. The van der Waals surface area contributed by atoms with Crippen molar-refractivity contribution in [3.8, 4) is 11.1 Å². The molecule has 0 heterocycles. The SMILES string of the molecule is CC1=[C]([Zr+2](=[C](C)C)[CH]2c3cc(C(C)(C)C)ccc3-c3ccc(C(C)(C)C)cc32)C(C)C=C1C(C)(C)C.[Cl-].[Cl-]. The monoisotopic (exact) mass is 628 g/mol. The van der Waals surface area contributed by atoms with Crippen molar-refractivity contribution >= 4 is 3.21 Å². The molecule has 0 aliphatic heterocycles. The van der Waals surface area contributed by atoms with Crippen LogP contribution in [0.1, 0.15) is 116 Å². The van der Waals surface area contributed by atoms with E-state index in [1.54, 1.807) is 25.5 Å². The van der Waals surface area contributed by atoms with Gasteiger partial charge in [-0.1, -0.05) is 0 Å². The quantitative estimate of drug-likeness (QED) is 0.470. The van der Waals surface area contributed by atoms with E-state index in [9.17, 15) is 0 Å². The van der Waals surface area contributed by atoms with E-state index < -0.39 is 21.3 Å². The summed E-state index contributed by atoms with van der Waals surface area (Å²) in [6.45, 7) is 31.1. The fourth-order valence-electron chi connectivity index (χ4n) is 6.42. The molecule has 0 bridgehead atoms. The summed E-state index contributed by atoms with van der Waals surface area (Å²) in [5.74, 6) is 0.549. The molecule has 38 heavy (non-hydrogen) atoms. The number of fused-ring (bicyclic) bond motifs is 3. The van der Waals surface area contributed by atoms with Crippen molar-refractivity contribution in [2.45, 2.75) is 104 Å². The van der Waals surface area contributed by atoms with Gasteiger partial charge in [-0.05, 0) is 0 Å². The molecule has 4 rings (SSSR count). The molecule has 0 spiro atoms. The average molecular weight is 631 g/mol. The molecular formula is C35H48Cl2Zr. The third kappa shape index (κ3) is 5.97. The van der Waals surface area contributed by atoms with Crippen molar-refractivity contribution in [2.75, 3.05) is 0 Å². The molecule has 2 aromatic rings. The van der Waals surface area contributed by atoms with Gasteiger partial charge in [0, 0.05) is 0 Å². The average Bonchev–Trinajstić information content (AvgIpc) is 3.21. The van der Waals surface area contributed by atoms with Gasteiger partial charge >= 0.3 is 231 Å². The number of allylic oxidation sites excluding steroid dienone is 4. The van der Waals surface area contributed by atoms with Crippen molar-refractivity contribution in [1.82, 2.24) is 0 Å². The summed E-state index contributed by atoms with van der Waals surface area (Å²) in [5.41, 5.74) is 12.8. The minimum Gasteiger partial charge on any atom is -1.00 e. The predicted molar refractivity (Wildman–Crippen MR) is 157 cm³/mol. The molecule has 0 fully saturated rings. The van der Waals surface area contributed by atoms with Crippen LogP contribution >= 0.6 is 0 Å². The van der Waals surface area contributed by atoms with Gasteiger partial charge in [-0.15, -0.1) is 0 Å². The molecule has 0 nitrogen and oxygen atoms in total. The van der Waals surface area contributed by atoms with Gasteiger partial charge in [0.1, 0.15) is 0 Å². The zero-order valence-corrected chi connectivity index (χ0v) is 29.9. The van der Waals surface area contributed by atoms with Gasteiger partial charge in [0.2, 0.25) is 0 Å². The third-order valence-electron chi connectivity index (χ3n) is 8.35. The Morgan fingerprint density at radius 2 is 1.11 bits per heavy atom. The molecule has 0 saturated carbocycles. The molecule has 1 unspecified atom stereocenters.